The Labute approximate surface area is 161 Å². The van der Waals surface area contributed by atoms with Gasteiger partial charge >= 0.3 is 0 Å². The van der Waals surface area contributed by atoms with Crippen molar-refractivity contribution in [3.05, 3.63) is 47.2 Å². The van der Waals surface area contributed by atoms with Crippen LogP contribution in [0.15, 0.2) is 40.0 Å². The van der Waals surface area contributed by atoms with Crippen LogP contribution in [0.3, 0.4) is 0 Å². The van der Waals surface area contributed by atoms with E-state index >= 15 is 0 Å². The Hall–Kier alpha value is -1.93. The molecule has 0 radical (unpaired) electrons. The van der Waals surface area contributed by atoms with Crippen LogP contribution in [0.25, 0.3) is 0 Å². The summed E-state index contributed by atoms with van der Waals surface area (Å²) in [7, 11) is 0. The number of halogens is 2. The minimum Gasteiger partial charge on any atom is -0.400 e. The molecule has 4 N–H and O–H groups in total. The van der Waals surface area contributed by atoms with Crippen LogP contribution < -0.4 is 11.5 Å². The van der Waals surface area contributed by atoms with Crippen LogP contribution in [0.1, 0.15) is 24.8 Å². The molecule has 0 bridgehead atoms. The summed E-state index contributed by atoms with van der Waals surface area (Å²) in [6.45, 7) is 0.139. The number of hydrogen-bond donors (Lipinski definition) is 2. The lowest BCUT2D eigenvalue weighted by atomic mass is 9.74. The summed E-state index contributed by atoms with van der Waals surface area (Å²) in [6.07, 6.45) is 6.09. The molecule has 1 aromatic carbocycles. The molecule has 1 saturated carbocycles. The Morgan fingerprint density at radius 3 is 2.93 bits per heavy atom. The molecule has 8 heteroatoms. The van der Waals surface area contributed by atoms with E-state index < -0.39 is 17.2 Å². The molecule has 1 aliphatic carbocycles. The average molecular weight is 392 g/mol. The maximum absolute atomic E-state index is 14.6. The van der Waals surface area contributed by atoms with Gasteiger partial charge in [-0.3, -0.25) is 4.99 Å². The normalized spacial score (nSPS) is 31.6. The average Bonchev–Trinajstić information content (AvgIpc) is 3.45. The lowest BCUT2D eigenvalue weighted by molar-refractivity contribution is -0.0399. The van der Waals surface area contributed by atoms with Crippen molar-refractivity contribution in [3.8, 4) is 0 Å². The first-order chi connectivity index (χ1) is 13.0. The fourth-order valence-electron chi connectivity index (χ4n) is 3.62. The first kappa shape index (κ1) is 18.4. The van der Waals surface area contributed by atoms with Crippen molar-refractivity contribution < 1.29 is 13.5 Å². The number of ether oxygens (including phenoxy) is 1. The van der Waals surface area contributed by atoms with Gasteiger partial charge in [0.15, 0.2) is 5.17 Å². The van der Waals surface area contributed by atoms with E-state index in [4.69, 9.17) is 16.2 Å². The molecule has 1 aromatic rings. The van der Waals surface area contributed by atoms with Crippen molar-refractivity contribution in [2.45, 2.75) is 36.9 Å². The Morgan fingerprint density at radius 1 is 1.37 bits per heavy atom. The van der Waals surface area contributed by atoms with Crippen LogP contribution in [-0.4, -0.2) is 35.9 Å². The van der Waals surface area contributed by atoms with Gasteiger partial charge in [0.25, 0.3) is 0 Å². The highest BCUT2D eigenvalue weighted by Gasteiger charge is 2.49. The Kier molecular flexibility index (Phi) is 4.94. The smallest absolute Gasteiger partial charge is 0.154 e. The van der Waals surface area contributed by atoms with Crippen molar-refractivity contribution in [2.24, 2.45) is 27.4 Å². The minimum atomic E-state index is -0.952. The maximum atomic E-state index is 14.6. The molecule has 2 fully saturated rings. The summed E-state index contributed by atoms with van der Waals surface area (Å²) < 4.78 is 33.9. The van der Waals surface area contributed by atoms with Gasteiger partial charge in [0.2, 0.25) is 0 Å². The van der Waals surface area contributed by atoms with Crippen LogP contribution in [-0.2, 0) is 10.3 Å². The fourth-order valence-corrected chi connectivity index (χ4v) is 4.63. The zero-order chi connectivity index (χ0) is 19.0. The van der Waals surface area contributed by atoms with E-state index in [1.807, 2.05) is 0 Å². The largest absolute Gasteiger partial charge is 0.400 e. The molecule has 27 heavy (non-hydrogen) atoms. The van der Waals surface area contributed by atoms with Crippen molar-refractivity contribution in [2.75, 3.05) is 12.4 Å². The number of thioether (sulfide) groups is 1. The van der Waals surface area contributed by atoms with E-state index in [9.17, 15) is 8.78 Å². The summed E-state index contributed by atoms with van der Waals surface area (Å²) in [5.41, 5.74) is 12.1. The SMILES string of the molecule is NC1=N[C@@]2(c3ccc(F)cc3F)CO[C@@H](/C(N)=C/C=NC3CC3)C[C@H]2CS1. The first-order valence-electron chi connectivity index (χ1n) is 9.02. The maximum Gasteiger partial charge on any atom is 0.154 e. The van der Waals surface area contributed by atoms with E-state index in [0.717, 1.165) is 18.9 Å². The topological polar surface area (TPSA) is 86.0 Å². The standard InChI is InChI=1S/C19H22F2N4OS/c20-12-1-4-14(15(21)8-12)19-10-26-17(7-11(19)9-27-18(23)25-19)16(22)5-6-24-13-2-3-13/h1,4-6,8,11,13,17H,2-3,7,9-10,22H2,(H2,23,25)/b16-5-,24-6?/t11-,17+,19-/m0/s1. The number of rotatable bonds is 4. The van der Waals surface area contributed by atoms with E-state index in [1.165, 1.54) is 23.9 Å². The molecule has 5 nitrogen and oxygen atoms in total. The summed E-state index contributed by atoms with van der Waals surface area (Å²) in [6, 6.07) is 3.99. The first-order valence-corrected chi connectivity index (χ1v) is 10.0. The molecule has 4 rings (SSSR count). The van der Waals surface area contributed by atoms with Gasteiger partial charge in [0.1, 0.15) is 17.2 Å². The summed E-state index contributed by atoms with van der Waals surface area (Å²) >= 11 is 1.44. The number of nitrogens with zero attached hydrogens (tertiary/aromatic N) is 2. The summed E-state index contributed by atoms with van der Waals surface area (Å²) in [5, 5.41) is 0.386. The van der Waals surface area contributed by atoms with Crippen LogP contribution in [0, 0.1) is 17.6 Å². The number of amidine groups is 1. The second-order valence-electron chi connectivity index (χ2n) is 7.24. The van der Waals surface area contributed by atoms with Crippen LogP contribution in [0.2, 0.25) is 0 Å². The summed E-state index contributed by atoms with van der Waals surface area (Å²) in [5.74, 6) is -0.607. The molecule has 0 aromatic heterocycles. The molecular weight excluding hydrogens is 370 g/mol. The molecule has 2 aliphatic heterocycles. The van der Waals surface area contributed by atoms with Crippen LogP contribution in [0.4, 0.5) is 8.78 Å². The molecule has 2 heterocycles. The zero-order valence-electron chi connectivity index (χ0n) is 14.8. The Bertz CT molecular complexity index is 824. The van der Waals surface area contributed by atoms with Crippen LogP contribution >= 0.6 is 11.8 Å². The number of benzene rings is 1. The molecule has 3 aliphatic rings. The van der Waals surface area contributed by atoms with Gasteiger partial charge in [-0.15, -0.1) is 0 Å². The third-order valence-electron chi connectivity index (χ3n) is 5.30. The molecule has 0 amide bonds. The van der Waals surface area contributed by atoms with Gasteiger partial charge in [0, 0.05) is 35.2 Å². The second-order valence-corrected chi connectivity index (χ2v) is 8.28. The molecule has 1 saturated heterocycles. The van der Waals surface area contributed by atoms with Gasteiger partial charge in [-0.05, 0) is 31.4 Å². The van der Waals surface area contributed by atoms with Crippen molar-refractivity contribution in [3.63, 3.8) is 0 Å². The highest BCUT2D eigenvalue weighted by molar-refractivity contribution is 8.13. The van der Waals surface area contributed by atoms with E-state index in [2.05, 4.69) is 9.98 Å². The molecule has 144 valence electrons. The van der Waals surface area contributed by atoms with E-state index in [-0.39, 0.29) is 18.6 Å². The highest BCUT2D eigenvalue weighted by Crippen LogP contribution is 2.47. The van der Waals surface area contributed by atoms with Crippen LogP contribution in [0.5, 0.6) is 0 Å². The number of hydrogen-bond acceptors (Lipinski definition) is 6. The molecule has 0 spiro atoms. The predicted molar refractivity (Wildman–Crippen MR) is 104 cm³/mol. The third kappa shape index (κ3) is 3.73. The highest BCUT2D eigenvalue weighted by atomic mass is 32.2. The third-order valence-corrected chi connectivity index (χ3v) is 6.26. The van der Waals surface area contributed by atoms with Gasteiger partial charge in [-0.1, -0.05) is 17.8 Å². The zero-order valence-corrected chi connectivity index (χ0v) is 15.6. The van der Waals surface area contributed by atoms with Crippen molar-refractivity contribution in [1.29, 1.82) is 0 Å². The minimum absolute atomic E-state index is 0.0270. The molecule has 3 atom stereocenters. The lowest BCUT2D eigenvalue weighted by Gasteiger charge is -2.46. The number of allylic oxidation sites excluding steroid dienone is 1. The van der Waals surface area contributed by atoms with Gasteiger partial charge in [-0.2, -0.15) is 0 Å². The number of nitrogens with two attached hydrogens (primary N) is 2. The van der Waals surface area contributed by atoms with Gasteiger partial charge in [-0.25, -0.2) is 13.8 Å². The monoisotopic (exact) mass is 392 g/mol. The van der Waals surface area contributed by atoms with Gasteiger partial charge in [0.05, 0.1) is 18.8 Å². The Morgan fingerprint density at radius 2 is 2.19 bits per heavy atom. The predicted octanol–water partition coefficient (Wildman–Crippen LogP) is 2.70. The molecule has 0 unspecified atom stereocenters. The lowest BCUT2D eigenvalue weighted by Crippen LogP contribution is -2.51. The Balaban J connectivity index is 1.60. The van der Waals surface area contributed by atoms with Gasteiger partial charge < -0.3 is 16.2 Å². The van der Waals surface area contributed by atoms with E-state index in [0.29, 0.717) is 34.6 Å². The summed E-state index contributed by atoms with van der Waals surface area (Å²) in [4.78, 5) is 8.95. The van der Waals surface area contributed by atoms with E-state index in [1.54, 1.807) is 12.3 Å². The van der Waals surface area contributed by atoms with Crippen molar-refractivity contribution in [1.82, 2.24) is 0 Å². The quantitative estimate of drug-likeness (QED) is 0.772. The number of fused-ring (bicyclic) bond motifs is 1. The number of aliphatic imine (C=N–C) groups is 2. The second kappa shape index (κ2) is 7.24. The van der Waals surface area contributed by atoms with Crippen molar-refractivity contribution >= 4 is 23.1 Å². The molecular formula is C19H22F2N4OS. The fraction of sp³-hybridized carbons (Fsp3) is 0.474.